The van der Waals surface area contributed by atoms with Crippen molar-refractivity contribution in [2.45, 2.75) is 0 Å². The smallest absolute Gasteiger partial charge is 0.319 e. The Hall–Kier alpha value is -1.20. The second kappa shape index (κ2) is 5.77. The summed E-state index contributed by atoms with van der Waals surface area (Å²) in [5.41, 5.74) is -0.116. The van der Waals surface area contributed by atoms with Gasteiger partial charge in [0.25, 0.3) is 0 Å². The minimum absolute atomic E-state index is 0.0472. The maximum atomic E-state index is 13.2. The fraction of sp³-hybridized carbons (Fsp3) is 0.222. The van der Waals surface area contributed by atoms with Crippen LogP contribution >= 0.6 is 23.2 Å². The second-order valence-corrected chi connectivity index (χ2v) is 3.64. The lowest BCUT2D eigenvalue weighted by atomic mass is 10.3. The highest BCUT2D eigenvalue weighted by Gasteiger charge is 2.10. The number of phenols is 1. The Morgan fingerprint density at radius 3 is 2.81 bits per heavy atom. The summed E-state index contributed by atoms with van der Waals surface area (Å²) in [5.74, 6) is -0.902. The Bertz CT molecular complexity index is 401. The molecule has 16 heavy (non-hydrogen) atoms. The summed E-state index contributed by atoms with van der Waals surface area (Å²) in [6.45, 7) is 0.265. The zero-order valence-corrected chi connectivity index (χ0v) is 9.57. The quantitative estimate of drug-likeness (QED) is 0.582. The van der Waals surface area contributed by atoms with Gasteiger partial charge in [-0.2, -0.15) is 0 Å². The highest BCUT2D eigenvalue weighted by atomic mass is 35.5. The number of amides is 2. The Kier molecular flexibility index (Phi) is 4.64. The number of hydrogen-bond donors (Lipinski definition) is 3. The van der Waals surface area contributed by atoms with E-state index in [0.717, 1.165) is 12.1 Å². The van der Waals surface area contributed by atoms with Crippen molar-refractivity contribution >= 4 is 34.9 Å². The fourth-order valence-corrected chi connectivity index (χ4v) is 1.22. The minimum atomic E-state index is -0.775. The monoisotopic (exact) mass is 266 g/mol. The standard InChI is InChI=1S/C9H9Cl2FN2O2/c10-1-2-13-9(16)14-7-3-5(11)8(15)4-6(7)12/h3-4,15H,1-2H2,(H2,13,14,16). The van der Waals surface area contributed by atoms with E-state index in [9.17, 15) is 9.18 Å². The van der Waals surface area contributed by atoms with Crippen LogP contribution in [-0.2, 0) is 0 Å². The molecule has 7 heteroatoms. The van der Waals surface area contributed by atoms with Crippen LogP contribution in [0, 0.1) is 5.82 Å². The van der Waals surface area contributed by atoms with Gasteiger partial charge >= 0.3 is 6.03 Å². The number of carbonyl (C=O) groups excluding carboxylic acids is 1. The van der Waals surface area contributed by atoms with Crippen molar-refractivity contribution in [3.05, 3.63) is 23.0 Å². The van der Waals surface area contributed by atoms with Crippen molar-refractivity contribution < 1.29 is 14.3 Å². The third-order valence-electron chi connectivity index (χ3n) is 1.66. The van der Waals surface area contributed by atoms with Gasteiger partial charge in [-0.15, -0.1) is 11.6 Å². The lowest BCUT2D eigenvalue weighted by Crippen LogP contribution is -2.30. The molecule has 0 saturated carbocycles. The van der Waals surface area contributed by atoms with Crippen molar-refractivity contribution in [2.75, 3.05) is 17.7 Å². The number of carbonyl (C=O) groups is 1. The summed E-state index contributed by atoms with van der Waals surface area (Å²) in [7, 11) is 0. The molecule has 0 aliphatic rings. The number of urea groups is 1. The Morgan fingerprint density at radius 1 is 1.50 bits per heavy atom. The molecular formula is C9H9Cl2FN2O2. The molecule has 0 aliphatic carbocycles. The normalized spacial score (nSPS) is 9.94. The average Bonchev–Trinajstić information content (AvgIpc) is 2.23. The lowest BCUT2D eigenvalue weighted by Gasteiger charge is -2.08. The molecule has 0 aromatic heterocycles. The number of phenolic OH excluding ortho intramolecular Hbond substituents is 1. The molecule has 1 aromatic rings. The summed E-state index contributed by atoms with van der Waals surface area (Å²) in [4.78, 5) is 11.2. The van der Waals surface area contributed by atoms with Crippen LogP contribution in [0.3, 0.4) is 0 Å². The largest absolute Gasteiger partial charge is 0.506 e. The van der Waals surface area contributed by atoms with Gasteiger partial charge in [0, 0.05) is 18.5 Å². The van der Waals surface area contributed by atoms with E-state index in [0.29, 0.717) is 0 Å². The van der Waals surface area contributed by atoms with Gasteiger partial charge in [-0.3, -0.25) is 0 Å². The molecule has 2 amide bonds. The van der Waals surface area contributed by atoms with Crippen LogP contribution in [0.15, 0.2) is 12.1 Å². The van der Waals surface area contributed by atoms with Crippen LogP contribution in [0.2, 0.25) is 5.02 Å². The highest BCUT2D eigenvalue weighted by Crippen LogP contribution is 2.28. The molecule has 0 heterocycles. The van der Waals surface area contributed by atoms with Gasteiger partial charge in [-0.25, -0.2) is 9.18 Å². The summed E-state index contributed by atoms with van der Waals surface area (Å²) in [6, 6.07) is 1.34. The molecule has 1 rings (SSSR count). The van der Waals surface area contributed by atoms with Crippen LogP contribution in [-0.4, -0.2) is 23.6 Å². The predicted molar refractivity (Wildman–Crippen MR) is 60.8 cm³/mol. The molecule has 0 fully saturated rings. The molecule has 4 nitrogen and oxygen atoms in total. The van der Waals surface area contributed by atoms with E-state index in [1.165, 1.54) is 0 Å². The predicted octanol–water partition coefficient (Wildman–Crippen LogP) is 2.54. The molecule has 1 aromatic carbocycles. The van der Waals surface area contributed by atoms with Gasteiger partial charge < -0.3 is 15.7 Å². The van der Waals surface area contributed by atoms with E-state index in [2.05, 4.69) is 10.6 Å². The first-order valence-electron chi connectivity index (χ1n) is 4.33. The molecule has 0 saturated heterocycles. The van der Waals surface area contributed by atoms with Crippen LogP contribution in [0.4, 0.5) is 14.9 Å². The van der Waals surface area contributed by atoms with Crippen molar-refractivity contribution in [3.63, 3.8) is 0 Å². The Morgan fingerprint density at radius 2 is 2.19 bits per heavy atom. The van der Waals surface area contributed by atoms with Gasteiger partial charge in [0.15, 0.2) is 5.82 Å². The number of halogens is 3. The number of alkyl halides is 1. The third-order valence-corrected chi connectivity index (χ3v) is 2.16. The van der Waals surface area contributed by atoms with Crippen molar-refractivity contribution in [1.82, 2.24) is 5.32 Å². The molecule has 3 N–H and O–H groups in total. The topological polar surface area (TPSA) is 61.4 Å². The number of anilines is 1. The number of hydrogen-bond acceptors (Lipinski definition) is 2. The molecule has 88 valence electrons. The van der Waals surface area contributed by atoms with E-state index >= 15 is 0 Å². The molecule has 0 atom stereocenters. The Labute approximate surface area is 101 Å². The lowest BCUT2D eigenvalue weighted by molar-refractivity contribution is 0.252. The summed E-state index contributed by atoms with van der Waals surface area (Å²) >= 11 is 10.9. The Balaban J connectivity index is 2.73. The number of benzene rings is 1. The zero-order valence-electron chi connectivity index (χ0n) is 8.06. The van der Waals surface area contributed by atoms with E-state index in [1.807, 2.05) is 0 Å². The molecule has 0 radical (unpaired) electrons. The molecule has 0 bridgehead atoms. The van der Waals surface area contributed by atoms with Gasteiger partial charge in [0.05, 0.1) is 10.7 Å². The highest BCUT2D eigenvalue weighted by molar-refractivity contribution is 6.32. The minimum Gasteiger partial charge on any atom is -0.506 e. The molecule has 0 unspecified atom stereocenters. The SMILES string of the molecule is O=C(NCCCl)Nc1cc(Cl)c(O)cc1F. The van der Waals surface area contributed by atoms with E-state index in [1.54, 1.807) is 0 Å². The third kappa shape index (κ3) is 3.43. The van der Waals surface area contributed by atoms with Gasteiger partial charge in [0.1, 0.15) is 5.75 Å². The first kappa shape index (κ1) is 12.9. The fourth-order valence-electron chi connectivity index (χ4n) is 0.959. The zero-order chi connectivity index (χ0) is 12.1. The number of nitrogens with one attached hydrogen (secondary N) is 2. The molecular weight excluding hydrogens is 258 g/mol. The van der Waals surface area contributed by atoms with E-state index in [4.69, 9.17) is 28.3 Å². The van der Waals surface area contributed by atoms with Crippen LogP contribution in [0.5, 0.6) is 5.75 Å². The molecule has 0 aliphatic heterocycles. The summed E-state index contributed by atoms with van der Waals surface area (Å²) in [5, 5.41) is 13.7. The average molecular weight is 267 g/mol. The van der Waals surface area contributed by atoms with Crippen molar-refractivity contribution in [1.29, 1.82) is 0 Å². The van der Waals surface area contributed by atoms with E-state index in [-0.39, 0.29) is 28.9 Å². The van der Waals surface area contributed by atoms with Crippen LogP contribution in [0.1, 0.15) is 0 Å². The van der Waals surface area contributed by atoms with Gasteiger partial charge in [-0.1, -0.05) is 11.6 Å². The number of aromatic hydroxyl groups is 1. The van der Waals surface area contributed by atoms with Crippen LogP contribution < -0.4 is 10.6 Å². The van der Waals surface area contributed by atoms with Gasteiger partial charge in [-0.05, 0) is 6.07 Å². The first-order chi connectivity index (χ1) is 7.54. The van der Waals surface area contributed by atoms with Crippen molar-refractivity contribution in [3.8, 4) is 5.75 Å². The number of rotatable bonds is 3. The van der Waals surface area contributed by atoms with Crippen LogP contribution in [0.25, 0.3) is 0 Å². The van der Waals surface area contributed by atoms with Gasteiger partial charge in [0.2, 0.25) is 0 Å². The molecule has 0 spiro atoms. The second-order valence-electron chi connectivity index (χ2n) is 2.85. The summed E-state index contributed by atoms with van der Waals surface area (Å²) < 4.78 is 13.2. The van der Waals surface area contributed by atoms with E-state index < -0.39 is 11.8 Å². The van der Waals surface area contributed by atoms with Crippen molar-refractivity contribution in [2.24, 2.45) is 0 Å². The summed E-state index contributed by atoms with van der Waals surface area (Å²) in [6.07, 6.45) is 0. The maximum absolute atomic E-state index is 13.2. The maximum Gasteiger partial charge on any atom is 0.319 e. The first-order valence-corrected chi connectivity index (χ1v) is 5.24.